The lowest BCUT2D eigenvalue weighted by Crippen LogP contribution is -2.32. The van der Waals surface area contributed by atoms with Crippen LogP contribution in [0.2, 0.25) is 0 Å². The molecule has 3 atom stereocenters. The highest BCUT2D eigenvalue weighted by Gasteiger charge is 2.43. The molecule has 2 rings (SSSR count). The van der Waals surface area contributed by atoms with Gasteiger partial charge in [0.1, 0.15) is 0 Å². The molecular formula is C12H22O3. The molecule has 88 valence electrons. The zero-order valence-electron chi connectivity index (χ0n) is 9.95. The van der Waals surface area contributed by atoms with Crippen LogP contribution in [0.3, 0.4) is 0 Å². The topological polar surface area (TPSA) is 38.7 Å². The maximum atomic E-state index is 9.94. The van der Waals surface area contributed by atoms with Gasteiger partial charge in [0.2, 0.25) is 0 Å². The Kier molecular flexibility index (Phi) is 2.82. The third-order valence-corrected chi connectivity index (χ3v) is 3.79. The van der Waals surface area contributed by atoms with Crippen LogP contribution in [-0.2, 0) is 9.47 Å². The molecule has 0 aromatic carbocycles. The summed E-state index contributed by atoms with van der Waals surface area (Å²) in [6.07, 6.45) is 4.08. The van der Waals surface area contributed by atoms with Gasteiger partial charge in [-0.2, -0.15) is 0 Å². The van der Waals surface area contributed by atoms with Gasteiger partial charge in [0.05, 0.1) is 18.8 Å². The first-order valence-electron chi connectivity index (χ1n) is 5.91. The highest BCUT2D eigenvalue weighted by molar-refractivity contribution is 4.91. The minimum atomic E-state index is -0.440. The predicted molar refractivity (Wildman–Crippen MR) is 57.5 cm³/mol. The molecule has 15 heavy (non-hydrogen) atoms. The van der Waals surface area contributed by atoms with Crippen molar-refractivity contribution in [2.75, 3.05) is 6.61 Å². The highest BCUT2D eigenvalue weighted by atomic mass is 16.7. The Hall–Kier alpha value is -0.120. The largest absolute Gasteiger partial charge is 0.393 e. The molecule has 0 unspecified atom stereocenters. The standard InChI is InChI=1S/C12H22O3/c1-11(2)14-8-9(15-11)7-12(3)6-4-5-10(12)13/h9-10,13H,4-8H2,1-3H3/t9-,10-,12-/m0/s1. The van der Waals surface area contributed by atoms with Gasteiger partial charge in [0.15, 0.2) is 5.79 Å². The van der Waals surface area contributed by atoms with Crippen LogP contribution in [-0.4, -0.2) is 29.7 Å². The van der Waals surface area contributed by atoms with E-state index in [9.17, 15) is 5.11 Å². The van der Waals surface area contributed by atoms with E-state index in [1.807, 2.05) is 13.8 Å². The molecule has 1 saturated heterocycles. The van der Waals surface area contributed by atoms with Crippen LogP contribution in [0, 0.1) is 5.41 Å². The van der Waals surface area contributed by atoms with E-state index in [1.54, 1.807) is 0 Å². The summed E-state index contributed by atoms with van der Waals surface area (Å²) >= 11 is 0. The van der Waals surface area contributed by atoms with Crippen molar-refractivity contribution in [3.63, 3.8) is 0 Å². The number of hydrogen-bond acceptors (Lipinski definition) is 3. The fraction of sp³-hybridized carbons (Fsp3) is 1.00. The molecular weight excluding hydrogens is 192 g/mol. The van der Waals surface area contributed by atoms with E-state index in [1.165, 1.54) is 0 Å². The zero-order chi connectivity index (χ0) is 11.1. The molecule has 0 bridgehead atoms. The quantitative estimate of drug-likeness (QED) is 0.765. The summed E-state index contributed by atoms with van der Waals surface area (Å²) in [7, 11) is 0. The second-order valence-corrected chi connectivity index (χ2v) is 5.72. The van der Waals surface area contributed by atoms with Crippen molar-refractivity contribution in [1.29, 1.82) is 0 Å². The van der Waals surface area contributed by atoms with E-state index in [4.69, 9.17) is 9.47 Å². The molecule has 1 heterocycles. The van der Waals surface area contributed by atoms with Crippen molar-refractivity contribution in [2.24, 2.45) is 5.41 Å². The average Bonchev–Trinajstić information content (AvgIpc) is 2.59. The van der Waals surface area contributed by atoms with Crippen LogP contribution in [0.5, 0.6) is 0 Å². The third-order valence-electron chi connectivity index (χ3n) is 3.79. The molecule has 0 spiro atoms. The van der Waals surface area contributed by atoms with Gasteiger partial charge in [0.25, 0.3) is 0 Å². The summed E-state index contributed by atoms with van der Waals surface area (Å²) in [5, 5.41) is 9.94. The molecule has 0 aromatic heterocycles. The minimum Gasteiger partial charge on any atom is -0.393 e. The summed E-state index contributed by atoms with van der Waals surface area (Å²) in [6.45, 7) is 6.72. The van der Waals surface area contributed by atoms with Gasteiger partial charge in [-0.05, 0) is 38.5 Å². The Balaban J connectivity index is 1.92. The lowest BCUT2D eigenvalue weighted by molar-refractivity contribution is -0.143. The summed E-state index contributed by atoms with van der Waals surface area (Å²) in [5.74, 6) is -0.440. The van der Waals surface area contributed by atoms with E-state index in [0.717, 1.165) is 25.7 Å². The predicted octanol–water partition coefficient (Wildman–Crippen LogP) is 2.08. The molecule has 1 N–H and O–H groups in total. The first kappa shape index (κ1) is 11.4. The van der Waals surface area contributed by atoms with Crippen molar-refractivity contribution in [3.05, 3.63) is 0 Å². The van der Waals surface area contributed by atoms with E-state index in [0.29, 0.717) is 6.61 Å². The summed E-state index contributed by atoms with van der Waals surface area (Å²) < 4.78 is 11.3. The molecule has 1 saturated carbocycles. The Bertz CT molecular complexity index is 239. The van der Waals surface area contributed by atoms with Gasteiger partial charge in [-0.25, -0.2) is 0 Å². The summed E-state index contributed by atoms with van der Waals surface area (Å²) in [5.41, 5.74) is 0.0362. The molecule has 1 aliphatic carbocycles. The number of aliphatic hydroxyl groups is 1. The second kappa shape index (κ2) is 3.72. The normalized spacial score (nSPS) is 44.8. The SMILES string of the molecule is CC1(C)OC[C@H](C[C@]2(C)CCC[C@@H]2O)O1. The average molecular weight is 214 g/mol. The molecule has 2 fully saturated rings. The van der Waals surface area contributed by atoms with Gasteiger partial charge >= 0.3 is 0 Å². The first-order chi connectivity index (χ1) is 6.91. The van der Waals surface area contributed by atoms with Crippen LogP contribution in [0.25, 0.3) is 0 Å². The van der Waals surface area contributed by atoms with Crippen LogP contribution < -0.4 is 0 Å². The van der Waals surface area contributed by atoms with Crippen LogP contribution in [0.1, 0.15) is 46.5 Å². The van der Waals surface area contributed by atoms with Crippen molar-refractivity contribution in [2.45, 2.75) is 64.4 Å². The fourth-order valence-corrected chi connectivity index (χ4v) is 2.84. The number of hydrogen-bond donors (Lipinski definition) is 1. The van der Waals surface area contributed by atoms with Gasteiger partial charge in [-0.1, -0.05) is 13.3 Å². The number of aliphatic hydroxyl groups excluding tert-OH is 1. The van der Waals surface area contributed by atoms with Gasteiger partial charge < -0.3 is 14.6 Å². The van der Waals surface area contributed by atoms with Crippen molar-refractivity contribution < 1.29 is 14.6 Å². The van der Waals surface area contributed by atoms with Crippen molar-refractivity contribution >= 4 is 0 Å². The maximum Gasteiger partial charge on any atom is 0.163 e. The van der Waals surface area contributed by atoms with Crippen LogP contribution in [0.4, 0.5) is 0 Å². The van der Waals surface area contributed by atoms with Crippen molar-refractivity contribution in [1.82, 2.24) is 0 Å². The Morgan fingerprint density at radius 1 is 1.33 bits per heavy atom. The third kappa shape index (κ3) is 2.35. The van der Waals surface area contributed by atoms with E-state index in [2.05, 4.69) is 6.92 Å². The van der Waals surface area contributed by atoms with Crippen LogP contribution >= 0.6 is 0 Å². The van der Waals surface area contributed by atoms with Gasteiger partial charge in [-0.3, -0.25) is 0 Å². The second-order valence-electron chi connectivity index (χ2n) is 5.72. The highest BCUT2D eigenvalue weighted by Crippen LogP contribution is 2.43. The van der Waals surface area contributed by atoms with E-state index >= 15 is 0 Å². The molecule has 0 radical (unpaired) electrons. The molecule has 1 aliphatic heterocycles. The lowest BCUT2D eigenvalue weighted by atomic mass is 9.81. The summed E-state index contributed by atoms with van der Waals surface area (Å²) in [6, 6.07) is 0. The molecule has 0 aromatic rings. The molecule has 3 heteroatoms. The lowest BCUT2D eigenvalue weighted by Gasteiger charge is -2.30. The zero-order valence-corrected chi connectivity index (χ0v) is 9.95. The molecule has 2 aliphatic rings. The summed E-state index contributed by atoms with van der Waals surface area (Å²) in [4.78, 5) is 0. The van der Waals surface area contributed by atoms with Crippen molar-refractivity contribution in [3.8, 4) is 0 Å². The number of ether oxygens (including phenoxy) is 2. The van der Waals surface area contributed by atoms with Gasteiger partial charge in [0, 0.05) is 0 Å². The molecule has 0 amide bonds. The fourth-order valence-electron chi connectivity index (χ4n) is 2.84. The molecule has 3 nitrogen and oxygen atoms in total. The minimum absolute atomic E-state index is 0.0362. The Labute approximate surface area is 91.8 Å². The Morgan fingerprint density at radius 2 is 2.07 bits per heavy atom. The monoisotopic (exact) mass is 214 g/mol. The van der Waals surface area contributed by atoms with Crippen LogP contribution in [0.15, 0.2) is 0 Å². The smallest absolute Gasteiger partial charge is 0.163 e. The Morgan fingerprint density at radius 3 is 2.53 bits per heavy atom. The van der Waals surface area contributed by atoms with E-state index in [-0.39, 0.29) is 17.6 Å². The maximum absolute atomic E-state index is 9.94. The first-order valence-corrected chi connectivity index (χ1v) is 5.91. The van der Waals surface area contributed by atoms with Gasteiger partial charge in [-0.15, -0.1) is 0 Å². The van der Waals surface area contributed by atoms with E-state index < -0.39 is 5.79 Å². The number of rotatable bonds is 2.